The fraction of sp³-hybridized carbons (Fsp3) is 0.700. The minimum absolute atomic E-state index is 0.244. The molecular formula is C10H16F3N3O4. The third-order valence-corrected chi connectivity index (χ3v) is 2.20. The van der Waals surface area contributed by atoms with Gasteiger partial charge in [0.2, 0.25) is 5.91 Å². The fourth-order valence-electron chi connectivity index (χ4n) is 1.37. The summed E-state index contributed by atoms with van der Waals surface area (Å²) in [7, 11) is 0. The van der Waals surface area contributed by atoms with Gasteiger partial charge in [0.05, 0.1) is 6.42 Å². The Balaban J connectivity index is 4.32. The molecule has 0 aliphatic carbocycles. The normalized spacial score (nSPS) is 14.2. The van der Waals surface area contributed by atoms with Crippen LogP contribution in [0.4, 0.5) is 18.0 Å². The van der Waals surface area contributed by atoms with Gasteiger partial charge >= 0.3 is 18.2 Å². The molecule has 10 heteroatoms. The van der Waals surface area contributed by atoms with Crippen LogP contribution in [0.25, 0.3) is 0 Å². The van der Waals surface area contributed by atoms with E-state index in [4.69, 9.17) is 10.8 Å². The van der Waals surface area contributed by atoms with Gasteiger partial charge in [-0.25, -0.2) is 9.59 Å². The predicted molar refractivity (Wildman–Crippen MR) is 61.7 cm³/mol. The number of carbonyl (C=O) groups excluding carboxylic acids is 2. The van der Waals surface area contributed by atoms with E-state index >= 15 is 0 Å². The van der Waals surface area contributed by atoms with Gasteiger partial charge < -0.3 is 21.5 Å². The zero-order chi connectivity index (χ0) is 15.9. The number of aliphatic carboxylic acids is 1. The van der Waals surface area contributed by atoms with E-state index in [1.54, 1.807) is 0 Å². The number of hydrogen-bond acceptors (Lipinski definition) is 3. The molecule has 0 aromatic heterocycles. The largest absolute Gasteiger partial charge is 0.480 e. The van der Waals surface area contributed by atoms with Crippen molar-refractivity contribution in [1.29, 1.82) is 0 Å². The maximum absolute atomic E-state index is 12.0. The summed E-state index contributed by atoms with van der Waals surface area (Å²) in [5, 5.41) is 12.7. The highest BCUT2D eigenvalue weighted by Crippen LogP contribution is 2.21. The Labute approximate surface area is 112 Å². The molecule has 0 aliphatic rings. The lowest BCUT2D eigenvalue weighted by molar-refractivity contribution is -0.140. The molecule has 7 nitrogen and oxygen atoms in total. The van der Waals surface area contributed by atoms with Crippen molar-refractivity contribution >= 4 is 17.9 Å². The van der Waals surface area contributed by atoms with Crippen molar-refractivity contribution in [1.82, 2.24) is 10.6 Å². The number of rotatable bonds is 7. The summed E-state index contributed by atoms with van der Waals surface area (Å²) in [5.74, 6) is -2.16. The third-order valence-electron chi connectivity index (χ3n) is 2.20. The van der Waals surface area contributed by atoms with E-state index in [1.807, 2.05) is 10.6 Å². The number of nitrogens with one attached hydrogen (secondary N) is 2. The highest BCUT2D eigenvalue weighted by molar-refractivity contribution is 5.83. The first kappa shape index (κ1) is 18.0. The molecule has 20 heavy (non-hydrogen) atoms. The number of hydrogen-bond donors (Lipinski definition) is 4. The van der Waals surface area contributed by atoms with Crippen molar-refractivity contribution in [3.05, 3.63) is 0 Å². The Kier molecular flexibility index (Phi) is 6.80. The highest BCUT2D eigenvalue weighted by Gasteiger charge is 2.31. The number of nitrogens with two attached hydrogens (primary N) is 1. The number of halogens is 3. The molecular weight excluding hydrogens is 283 g/mol. The molecule has 3 amide bonds. The van der Waals surface area contributed by atoms with Gasteiger partial charge in [0.15, 0.2) is 0 Å². The monoisotopic (exact) mass is 299 g/mol. The van der Waals surface area contributed by atoms with Crippen LogP contribution in [0, 0.1) is 0 Å². The van der Waals surface area contributed by atoms with Crippen molar-refractivity contribution in [3.63, 3.8) is 0 Å². The summed E-state index contributed by atoms with van der Waals surface area (Å²) in [6.07, 6.45) is -6.19. The summed E-state index contributed by atoms with van der Waals surface area (Å²) in [6.45, 7) is 1.13. The summed E-state index contributed by atoms with van der Waals surface area (Å²) < 4.78 is 36.1. The average Bonchev–Trinajstić information content (AvgIpc) is 2.20. The van der Waals surface area contributed by atoms with Crippen molar-refractivity contribution in [2.24, 2.45) is 5.73 Å². The standard InChI is InChI=1S/C10H16F3N3O4/c1-5(4-10(11,12)13)15-9(20)16-6(8(18)19)2-3-7(14)17/h5-6H,2-4H2,1H3,(H2,14,17)(H,18,19)(H2,15,16,20). The van der Waals surface area contributed by atoms with Gasteiger partial charge in [-0.1, -0.05) is 0 Å². The van der Waals surface area contributed by atoms with E-state index in [1.165, 1.54) is 0 Å². The van der Waals surface area contributed by atoms with Crippen LogP contribution in [0.2, 0.25) is 0 Å². The summed E-state index contributed by atoms with van der Waals surface area (Å²) in [4.78, 5) is 32.6. The molecule has 116 valence electrons. The zero-order valence-electron chi connectivity index (χ0n) is 10.7. The van der Waals surface area contributed by atoms with Gasteiger partial charge in [0.1, 0.15) is 6.04 Å². The van der Waals surface area contributed by atoms with Gasteiger partial charge in [-0.05, 0) is 13.3 Å². The second-order valence-electron chi connectivity index (χ2n) is 4.23. The number of primary amides is 1. The SMILES string of the molecule is CC(CC(F)(F)F)NC(=O)NC(CCC(N)=O)C(=O)O. The molecule has 0 fully saturated rings. The second-order valence-corrected chi connectivity index (χ2v) is 4.23. The van der Waals surface area contributed by atoms with Crippen LogP contribution in [-0.2, 0) is 9.59 Å². The summed E-state index contributed by atoms with van der Waals surface area (Å²) in [6, 6.07) is -3.67. The Morgan fingerprint density at radius 2 is 1.80 bits per heavy atom. The predicted octanol–water partition coefficient (Wildman–Crippen LogP) is 0.345. The van der Waals surface area contributed by atoms with Crippen LogP contribution in [0.1, 0.15) is 26.2 Å². The Bertz CT molecular complexity index is 373. The van der Waals surface area contributed by atoms with Crippen molar-refractivity contribution < 1.29 is 32.7 Å². The highest BCUT2D eigenvalue weighted by atomic mass is 19.4. The van der Waals surface area contributed by atoms with E-state index in [9.17, 15) is 27.6 Å². The number of urea groups is 1. The van der Waals surface area contributed by atoms with Gasteiger partial charge in [0.25, 0.3) is 0 Å². The Morgan fingerprint density at radius 3 is 2.20 bits per heavy atom. The van der Waals surface area contributed by atoms with E-state index in [2.05, 4.69) is 0 Å². The quantitative estimate of drug-likeness (QED) is 0.541. The molecule has 0 bridgehead atoms. The first-order valence-electron chi connectivity index (χ1n) is 5.66. The van der Waals surface area contributed by atoms with Gasteiger partial charge in [0, 0.05) is 12.5 Å². The molecule has 0 radical (unpaired) electrons. The second kappa shape index (κ2) is 7.56. The van der Waals surface area contributed by atoms with Crippen LogP contribution in [0.3, 0.4) is 0 Å². The number of amides is 3. The molecule has 0 aromatic carbocycles. The molecule has 2 atom stereocenters. The van der Waals surface area contributed by atoms with Crippen LogP contribution >= 0.6 is 0 Å². The van der Waals surface area contributed by atoms with Crippen LogP contribution in [0.5, 0.6) is 0 Å². The smallest absolute Gasteiger partial charge is 0.391 e. The lowest BCUT2D eigenvalue weighted by atomic mass is 10.1. The third kappa shape index (κ3) is 9.00. The molecule has 0 aromatic rings. The molecule has 0 rings (SSSR count). The maximum atomic E-state index is 12.0. The van der Waals surface area contributed by atoms with Gasteiger partial charge in [-0.15, -0.1) is 0 Å². The van der Waals surface area contributed by atoms with Crippen LogP contribution < -0.4 is 16.4 Å². The van der Waals surface area contributed by atoms with Crippen molar-refractivity contribution in [2.75, 3.05) is 0 Å². The lowest BCUT2D eigenvalue weighted by Crippen LogP contribution is -2.49. The molecule has 0 heterocycles. The maximum Gasteiger partial charge on any atom is 0.391 e. The van der Waals surface area contributed by atoms with E-state index in [0.29, 0.717) is 0 Å². The Hall–Kier alpha value is -2.00. The van der Waals surface area contributed by atoms with Gasteiger partial charge in [-0.3, -0.25) is 4.79 Å². The first-order valence-corrected chi connectivity index (χ1v) is 5.66. The molecule has 0 saturated heterocycles. The number of alkyl halides is 3. The first-order chi connectivity index (χ1) is 9.01. The van der Waals surface area contributed by atoms with E-state index in [-0.39, 0.29) is 12.8 Å². The van der Waals surface area contributed by atoms with Crippen molar-refractivity contribution in [3.8, 4) is 0 Å². The average molecular weight is 299 g/mol. The molecule has 0 saturated carbocycles. The number of carboxylic acids is 1. The van der Waals surface area contributed by atoms with Crippen molar-refractivity contribution in [2.45, 2.75) is 44.4 Å². The molecule has 2 unspecified atom stereocenters. The minimum atomic E-state index is -4.44. The molecule has 0 spiro atoms. The summed E-state index contributed by atoms with van der Waals surface area (Å²) in [5.41, 5.74) is 4.84. The van der Waals surface area contributed by atoms with Crippen LogP contribution in [-0.4, -0.2) is 41.3 Å². The van der Waals surface area contributed by atoms with Gasteiger partial charge in [-0.2, -0.15) is 13.2 Å². The number of carboxylic acid groups (broad SMARTS) is 1. The molecule has 0 aliphatic heterocycles. The van der Waals surface area contributed by atoms with E-state index in [0.717, 1.165) is 6.92 Å². The summed E-state index contributed by atoms with van der Waals surface area (Å²) >= 11 is 0. The van der Waals surface area contributed by atoms with Crippen LogP contribution in [0.15, 0.2) is 0 Å². The van der Waals surface area contributed by atoms with E-state index < -0.39 is 42.6 Å². The lowest BCUT2D eigenvalue weighted by Gasteiger charge is -2.19. The Morgan fingerprint density at radius 1 is 1.25 bits per heavy atom. The number of carbonyl (C=O) groups is 3. The fourth-order valence-corrected chi connectivity index (χ4v) is 1.37. The minimum Gasteiger partial charge on any atom is -0.480 e. The molecule has 5 N–H and O–H groups in total. The zero-order valence-corrected chi connectivity index (χ0v) is 10.7. The topological polar surface area (TPSA) is 122 Å².